The van der Waals surface area contributed by atoms with Gasteiger partial charge in [-0.25, -0.2) is 0 Å². The zero-order chi connectivity index (χ0) is 18.4. The first-order valence-electron chi connectivity index (χ1n) is 8.40. The van der Waals surface area contributed by atoms with Crippen molar-refractivity contribution in [2.45, 2.75) is 40.3 Å². The van der Waals surface area contributed by atoms with E-state index < -0.39 is 0 Å². The van der Waals surface area contributed by atoms with E-state index in [-0.39, 0.29) is 11.5 Å². The van der Waals surface area contributed by atoms with Gasteiger partial charge >= 0.3 is 0 Å². The molecule has 0 saturated heterocycles. The van der Waals surface area contributed by atoms with Crippen molar-refractivity contribution in [2.75, 3.05) is 7.05 Å². The third-order valence-corrected chi connectivity index (χ3v) is 4.20. The van der Waals surface area contributed by atoms with Gasteiger partial charge in [0.2, 0.25) is 0 Å². The minimum Gasteiger partial charge on any atom is -0.349 e. The summed E-state index contributed by atoms with van der Waals surface area (Å²) in [7, 11) is 1.70. The number of nitrogens with zero attached hydrogens (tertiary/aromatic N) is 4. The number of rotatable bonds is 6. The zero-order valence-electron chi connectivity index (χ0n) is 15.3. The van der Waals surface area contributed by atoms with E-state index in [0.29, 0.717) is 6.54 Å². The van der Waals surface area contributed by atoms with Crippen LogP contribution < -0.4 is 0 Å². The van der Waals surface area contributed by atoms with Crippen LogP contribution in [0.15, 0.2) is 36.2 Å². The minimum atomic E-state index is -0.286. The van der Waals surface area contributed by atoms with Crippen LogP contribution in [0, 0.1) is 25.2 Å². The second-order valence-corrected chi connectivity index (χ2v) is 6.17. The number of carbonyl (C=O) groups excluding carboxylic acids is 1. The van der Waals surface area contributed by atoms with Crippen LogP contribution in [0.3, 0.4) is 0 Å². The molecule has 0 aliphatic carbocycles. The number of hydrogen-bond donors (Lipinski definition) is 0. The number of aryl methyl sites for hydroxylation is 1. The molecular weight excluding hydrogens is 312 g/mol. The highest BCUT2D eigenvalue weighted by atomic mass is 16.2. The minimum absolute atomic E-state index is 0.142. The third-order valence-electron chi connectivity index (χ3n) is 4.20. The fourth-order valence-electron chi connectivity index (χ4n) is 2.88. The van der Waals surface area contributed by atoms with Gasteiger partial charge in [-0.3, -0.25) is 9.78 Å². The second-order valence-electron chi connectivity index (χ2n) is 6.17. The lowest BCUT2D eigenvalue weighted by molar-refractivity contribution is -0.125. The highest BCUT2D eigenvalue weighted by Crippen LogP contribution is 2.19. The van der Waals surface area contributed by atoms with Crippen LogP contribution in [-0.2, 0) is 17.9 Å². The molecule has 0 N–H and O–H groups in total. The molecule has 5 heteroatoms. The van der Waals surface area contributed by atoms with Crippen LogP contribution in [0.1, 0.15) is 35.9 Å². The molecule has 0 saturated carbocycles. The van der Waals surface area contributed by atoms with Crippen molar-refractivity contribution in [3.63, 3.8) is 0 Å². The number of nitriles is 1. The Kier molecular flexibility index (Phi) is 6.13. The summed E-state index contributed by atoms with van der Waals surface area (Å²) in [6, 6.07) is 7.81. The molecule has 25 heavy (non-hydrogen) atoms. The summed E-state index contributed by atoms with van der Waals surface area (Å²) in [6.07, 6.45) is 6.14. The molecule has 0 aromatic carbocycles. The Bertz CT molecular complexity index is 812. The summed E-state index contributed by atoms with van der Waals surface area (Å²) in [5.74, 6) is -0.286. The molecule has 0 aliphatic rings. The third kappa shape index (κ3) is 4.36. The van der Waals surface area contributed by atoms with Gasteiger partial charge < -0.3 is 9.47 Å². The first kappa shape index (κ1) is 18.5. The van der Waals surface area contributed by atoms with Crippen LogP contribution in [-0.4, -0.2) is 27.4 Å². The van der Waals surface area contributed by atoms with Crippen molar-refractivity contribution < 1.29 is 4.79 Å². The second kappa shape index (κ2) is 8.29. The number of hydrogen-bond acceptors (Lipinski definition) is 3. The highest BCUT2D eigenvalue weighted by molar-refractivity contribution is 6.01. The fraction of sp³-hybridized carbons (Fsp3) is 0.350. The van der Waals surface area contributed by atoms with Gasteiger partial charge in [-0.05, 0) is 49.6 Å². The molecule has 0 spiro atoms. The van der Waals surface area contributed by atoms with Crippen LogP contribution in [0.5, 0.6) is 0 Å². The summed E-state index contributed by atoms with van der Waals surface area (Å²) < 4.78 is 2.21. The number of pyridine rings is 1. The molecule has 2 aromatic rings. The summed E-state index contributed by atoms with van der Waals surface area (Å²) in [5, 5.41) is 9.46. The van der Waals surface area contributed by atoms with Gasteiger partial charge in [0.25, 0.3) is 5.91 Å². The number of aromatic nitrogens is 2. The summed E-state index contributed by atoms with van der Waals surface area (Å²) in [4.78, 5) is 18.2. The standard InChI is InChI=1S/C20H24N4O/c1-5-9-24-15(2)10-18(16(24)3)11-19(12-21)20(25)23(4)14-17-7-6-8-22-13-17/h6-8,10-11,13H,5,9,14H2,1-4H3/b19-11-. The van der Waals surface area contributed by atoms with Crippen molar-refractivity contribution in [3.8, 4) is 6.07 Å². The van der Waals surface area contributed by atoms with Gasteiger partial charge in [0.15, 0.2) is 0 Å². The van der Waals surface area contributed by atoms with E-state index in [1.54, 1.807) is 25.5 Å². The Morgan fingerprint density at radius 1 is 1.44 bits per heavy atom. The Balaban J connectivity index is 2.24. The molecule has 2 aromatic heterocycles. The van der Waals surface area contributed by atoms with Gasteiger partial charge in [-0.2, -0.15) is 5.26 Å². The smallest absolute Gasteiger partial charge is 0.264 e. The lowest BCUT2D eigenvalue weighted by Crippen LogP contribution is -2.27. The lowest BCUT2D eigenvalue weighted by atomic mass is 10.1. The molecule has 0 bridgehead atoms. The summed E-state index contributed by atoms with van der Waals surface area (Å²) >= 11 is 0. The van der Waals surface area contributed by atoms with Gasteiger partial charge in [-0.15, -0.1) is 0 Å². The van der Waals surface area contributed by atoms with Gasteiger partial charge in [0.1, 0.15) is 11.6 Å². The molecule has 0 fully saturated rings. The zero-order valence-corrected chi connectivity index (χ0v) is 15.3. The highest BCUT2D eigenvalue weighted by Gasteiger charge is 2.16. The van der Waals surface area contributed by atoms with Crippen molar-refractivity contribution in [1.82, 2.24) is 14.5 Å². The predicted octanol–water partition coefficient (Wildman–Crippen LogP) is 3.48. The Labute approximate surface area is 149 Å². The molecule has 130 valence electrons. The number of amides is 1. The first-order valence-corrected chi connectivity index (χ1v) is 8.40. The van der Waals surface area contributed by atoms with Crippen molar-refractivity contribution in [3.05, 3.63) is 58.7 Å². The molecule has 0 atom stereocenters. The maximum Gasteiger partial charge on any atom is 0.264 e. The van der Waals surface area contributed by atoms with Crippen LogP contribution in [0.25, 0.3) is 6.08 Å². The molecule has 5 nitrogen and oxygen atoms in total. The average molecular weight is 336 g/mol. The summed E-state index contributed by atoms with van der Waals surface area (Å²) in [5.41, 5.74) is 4.21. The first-order chi connectivity index (χ1) is 12.0. The maximum atomic E-state index is 12.6. The number of carbonyl (C=O) groups is 1. The molecule has 0 radical (unpaired) electrons. The molecule has 0 unspecified atom stereocenters. The Hall–Kier alpha value is -2.87. The van der Waals surface area contributed by atoms with E-state index in [1.807, 2.05) is 38.1 Å². The maximum absolute atomic E-state index is 12.6. The normalized spacial score (nSPS) is 11.2. The van der Waals surface area contributed by atoms with Crippen LogP contribution in [0.2, 0.25) is 0 Å². The van der Waals surface area contributed by atoms with Crippen molar-refractivity contribution >= 4 is 12.0 Å². The average Bonchev–Trinajstić information content (AvgIpc) is 2.87. The van der Waals surface area contributed by atoms with E-state index in [2.05, 4.69) is 16.5 Å². The Morgan fingerprint density at radius 3 is 2.80 bits per heavy atom. The SMILES string of the molecule is CCCn1c(C)cc(/C=C(/C#N)C(=O)N(C)Cc2cccnc2)c1C. The molecular formula is C20H24N4O. The van der Waals surface area contributed by atoms with Gasteiger partial charge in [0.05, 0.1) is 0 Å². The fourth-order valence-corrected chi connectivity index (χ4v) is 2.88. The Morgan fingerprint density at radius 2 is 2.20 bits per heavy atom. The topological polar surface area (TPSA) is 61.9 Å². The molecule has 0 aliphatic heterocycles. The quantitative estimate of drug-likeness (QED) is 0.599. The van der Waals surface area contributed by atoms with E-state index in [9.17, 15) is 10.1 Å². The summed E-state index contributed by atoms with van der Waals surface area (Å²) in [6.45, 7) is 7.55. The van der Waals surface area contributed by atoms with E-state index in [4.69, 9.17) is 0 Å². The van der Waals surface area contributed by atoms with E-state index >= 15 is 0 Å². The lowest BCUT2D eigenvalue weighted by Gasteiger charge is -2.16. The monoisotopic (exact) mass is 336 g/mol. The largest absolute Gasteiger partial charge is 0.349 e. The molecule has 2 rings (SSSR count). The van der Waals surface area contributed by atoms with Crippen molar-refractivity contribution in [2.24, 2.45) is 0 Å². The van der Waals surface area contributed by atoms with E-state index in [0.717, 1.165) is 35.5 Å². The number of likely N-dealkylation sites (N-methyl/N-ethyl adjacent to an activating group) is 1. The van der Waals surface area contributed by atoms with Gasteiger partial charge in [0, 0.05) is 43.9 Å². The van der Waals surface area contributed by atoms with Crippen LogP contribution in [0.4, 0.5) is 0 Å². The van der Waals surface area contributed by atoms with E-state index in [1.165, 1.54) is 4.90 Å². The van der Waals surface area contributed by atoms with Gasteiger partial charge in [-0.1, -0.05) is 13.0 Å². The predicted molar refractivity (Wildman–Crippen MR) is 98.5 cm³/mol. The van der Waals surface area contributed by atoms with Crippen LogP contribution >= 0.6 is 0 Å². The molecule has 2 heterocycles. The van der Waals surface area contributed by atoms with Crippen molar-refractivity contribution in [1.29, 1.82) is 5.26 Å². The molecule has 1 amide bonds.